The summed E-state index contributed by atoms with van der Waals surface area (Å²) in [6.07, 6.45) is 1.35. The van der Waals surface area contributed by atoms with Gasteiger partial charge in [0, 0.05) is 23.4 Å². The quantitative estimate of drug-likeness (QED) is 0.512. The summed E-state index contributed by atoms with van der Waals surface area (Å²) in [7, 11) is 0. The number of carboxylic acid groups (broad SMARTS) is 1. The lowest BCUT2D eigenvalue weighted by Gasteiger charge is -2.27. The molecule has 0 saturated heterocycles. The number of hydrogen-bond acceptors (Lipinski definition) is 3. The lowest BCUT2D eigenvalue weighted by Crippen LogP contribution is -2.27. The minimum Gasteiger partial charge on any atom is -0.477 e. The SMILES string of the molecule is C[C@@H]1Cn2nc(-c3ccc(F)cc3)c(-c3ccc(F)cc3)c2-c2cc(=O)c(C(=O)O)cn21. The van der Waals surface area contributed by atoms with E-state index in [4.69, 9.17) is 5.10 Å². The summed E-state index contributed by atoms with van der Waals surface area (Å²) >= 11 is 0. The summed E-state index contributed by atoms with van der Waals surface area (Å²) in [5.41, 5.74) is 2.75. The number of carboxylic acids is 1. The molecule has 2 aromatic carbocycles. The van der Waals surface area contributed by atoms with Crippen LogP contribution in [0.1, 0.15) is 23.3 Å². The van der Waals surface area contributed by atoms with E-state index in [2.05, 4.69) is 0 Å². The maximum absolute atomic E-state index is 13.6. The van der Waals surface area contributed by atoms with Crippen LogP contribution in [-0.4, -0.2) is 25.4 Å². The molecule has 0 radical (unpaired) electrons. The van der Waals surface area contributed by atoms with Crippen LogP contribution in [0.4, 0.5) is 8.78 Å². The first-order valence-electron chi connectivity index (χ1n) is 9.96. The van der Waals surface area contributed by atoms with E-state index in [-0.39, 0.29) is 17.4 Å². The highest BCUT2D eigenvalue weighted by molar-refractivity contribution is 5.92. The molecule has 32 heavy (non-hydrogen) atoms. The van der Waals surface area contributed by atoms with Gasteiger partial charge >= 0.3 is 5.97 Å². The number of fused-ring (bicyclic) bond motifs is 3. The van der Waals surface area contributed by atoms with Crippen molar-refractivity contribution in [2.45, 2.75) is 19.5 Å². The van der Waals surface area contributed by atoms with Gasteiger partial charge in [-0.05, 0) is 48.9 Å². The predicted octanol–water partition coefficient (Wildman–Crippen LogP) is 4.60. The molecule has 1 aliphatic heterocycles. The van der Waals surface area contributed by atoms with Gasteiger partial charge in [-0.25, -0.2) is 13.6 Å². The topological polar surface area (TPSA) is 77.1 Å². The fraction of sp³-hybridized carbons (Fsp3) is 0.125. The third kappa shape index (κ3) is 3.11. The van der Waals surface area contributed by atoms with Crippen molar-refractivity contribution in [3.8, 4) is 33.8 Å². The second-order valence-electron chi connectivity index (χ2n) is 7.77. The van der Waals surface area contributed by atoms with E-state index in [9.17, 15) is 23.5 Å². The first-order valence-corrected chi connectivity index (χ1v) is 9.96. The van der Waals surface area contributed by atoms with Crippen LogP contribution in [-0.2, 0) is 6.54 Å². The van der Waals surface area contributed by atoms with Gasteiger partial charge in [0.25, 0.3) is 0 Å². The zero-order chi connectivity index (χ0) is 22.6. The molecule has 160 valence electrons. The molecular weight excluding hydrogens is 416 g/mol. The number of pyridine rings is 1. The summed E-state index contributed by atoms with van der Waals surface area (Å²) in [5, 5.41) is 14.1. The molecular formula is C24H17F2N3O3. The molecule has 6 nitrogen and oxygen atoms in total. The fourth-order valence-electron chi connectivity index (χ4n) is 4.16. The van der Waals surface area contributed by atoms with Gasteiger partial charge in [-0.15, -0.1) is 0 Å². The molecule has 3 heterocycles. The molecule has 1 aliphatic rings. The molecule has 0 spiro atoms. The van der Waals surface area contributed by atoms with Gasteiger partial charge in [-0.3, -0.25) is 9.48 Å². The zero-order valence-corrected chi connectivity index (χ0v) is 16.9. The van der Waals surface area contributed by atoms with Crippen molar-refractivity contribution in [2.75, 3.05) is 0 Å². The van der Waals surface area contributed by atoms with Crippen LogP contribution in [0.3, 0.4) is 0 Å². The number of benzene rings is 2. The maximum atomic E-state index is 13.6. The van der Waals surface area contributed by atoms with Crippen molar-refractivity contribution in [1.29, 1.82) is 0 Å². The Bertz CT molecular complexity index is 1420. The van der Waals surface area contributed by atoms with E-state index in [0.29, 0.717) is 40.3 Å². The molecule has 5 rings (SSSR count). The highest BCUT2D eigenvalue weighted by Gasteiger charge is 2.30. The third-order valence-electron chi connectivity index (χ3n) is 5.67. The first kappa shape index (κ1) is 19.9. The number of aromatic nitrogens is 3. The van der Waals surface area contributed by atoms with Crippen LogP contribution in [0.25, 0.3) is 33.8 Å². The normalized spacial score (nSPS) is 14.7. The molecule has 2 aromatic heterocycles. The van der Waals surface area contributed by atoms with Crippen LogP contribution in [0, 0.1) is 11.6 Å². The third-order valence-corrected chi connectivity index (χ3v) is 5.67. The van der Waals surface area contributed by atoms with Crippen molar-refractivity contribution in [3.63, 3.8) is 0 Å². The van der Waals surface area contributed by atoms with Gasteiger partial charge in [-0.2, -0.15) is 5.10 Å². The molecule has 1 N–H and O–H groups in total. The fourth-order valence-corrected chi connectivity index (χ4v) is 4.16. The highest BCUT2D eigenvalue weighted by Crippen LogP contribution is 2.42. The Kier molecular flexibility index (Phi) is 4.51. The van der Waals surface area contributed by atoms with Gasteiger partial charge in [0.05, 0.1) is 24.0 Å². The van der Waals surface area contributed by atoms with Gasteiger partial charge < -0.3 is 9.67 Å². The molecule has 0 fully saturated rings. The van der Waals surface area contributed by atoms with E-state index in [0.717, 1.165) is 0 Å². The van der Waals surface area contributed by atoms with E-state index in [1.807, 2.05) is 6.92 Å². The van der Waals surface area contributed by atoms with E-state index in [1.54, 1.807) is 33.5 Å². The molecule has 1 atom stereocenters. The summed E-state index contributed by atoms with van der Waals surface area (Å²) in [6.45, 7) is 2.33. The second kappa shape index (κ2) is 7.26. The minimum atomic E-state index is -1.29. The van der Waals surface area contributed by atoms with E-state index < -0.39 is 17.2 Å². The minimum absolute atomic E-state index is 0.168. The first-order chi connectivity index (χ1) is 15.3. The van der Waals surface area contributed by atoms with E-state index in [1.165, 1.54) is 36.5 Å². The molecule has 0 bridgehead atoms. The maximum Gasteiger partial charge on any atom is 0.341 e. The summed E-state index contributed by atoms with van der Waals surface area (Å²) in [4.78, 5) is 24.0. The number of carbonyl (C=O) groups is 1. The van der Waals surface area contributed by atoms with Crippen LogP contribution < -0.4 is 5.43 Å². The molecule has 0 saturated carbocycles. The Balaban J connectivity index is 1.84. The standard InChI is InChI=1S/C24H17F2N3O3/c1-13-11-29-23(19-10-20(30)18(24(31)32)12-28(13)19)21(14-2-6-16(25)7-3-14)22(27-29)15-4-8-17(26)9-5-15/h2-10,12-13H,11H2,1H3,(H,31,32)/t13-/m1/s1. The van der Waals surface area contributed by atoms with Crippen LogP contribution >= 0.6 is 0 Å². The van der Waals surface area contributed by atoms with Gasteiger partial charge in [-0.1, -0.05) is 12.1 Å². The van der Waals surface area contributed by atoms with Crippen molar-refractivity contribution in [1.82, 2.24) is 14.3 Å². The Hall–Kier alpha value is -4.07. The van der Waals surface area contributed by atoms with Gasteiger partial charge in [0.15, 0.2) is 5.43 Å². The van der Waals surface area contributed by atoms with Crippen molar-refractivity contribution >= 4 is 5.97 Å². The lowest BCUT2D eigenvalue weighted by atomic mass is 9.96. The summed E-state index contributed by atoms with van der Waals surface area (Å²) < 4.78 is 30.7. The number of hydrogen-bond donors (Lipinski definition) is 1. The highest BCUT2D eigenvalue weighted by atomic mass is 19.1. The number of halogens is 2. The monoisotopic (exact) mass is 433 g/mol. The molecule has 0 amide bonds. The Morgan fingerprint density at radius 3 is 2.22 bits per heavy atom. The molecule has 0 aliphatic carbocycles. The average Bonchev–Trinajstić information content (AvgIpc) is 3.13. The smallest absolute Gasteiger partial charge is 0.341 e. The Morgan fingerprint density at radius 2 is 1.62 bits per heavy atom. The number of aromatic carboxylic acids is 1. The van der Waals surface area contributed by atoms with Crippen molar-refractivity contribution in [3.05, 3.63) is 88.2 Å². The number of rotatable bonds is 3. The predicted molar refractivity (Wildman–Crippen MR) is 114 cm³/mol. The van der Waals surface area contributed by atoms with Crippen LogP contribution in [0.2, 0.25) is 0 Å². The van der Waals surface area contributed by atoms with Crippen LogP contribution in [0.15, 0.2) is 65.6 Å². The zero-order valence-electron chi connectivity index (χ0n) is 16.9. The van der Waals surface area contributed by atoms with Gasteiger partial charge in [0.1, 0.15) is 22.9 Å². The second-order valence-corrected chi connectivity index (χ2v) is 7.77. The summed E-state index contributed by atoms with van der Waals surface area (Å²) in [5.74, 6) is -2.07. The van der Waals surface area contributed by atoms with E-state index >= 15 is 0 Å². The Morgan fingerprint density at radius 1 is 1.03 bits per heavy atom. The molecule has 0 unspecified atom stereocenters. The number of nitrogens with zero attached hydrogens (tertiary/aromatic N) is 3. The Labute approximate surface area is 181 Å². The molecule has 8 heteroatoms. The van der Waals surface area contributed by atoms with Crippen LogP contribution in [0.5, 0.6) is 0 Å². The summed E-state index contributed by atoms with van der Waals surface area (Å²) in [6, 6.07) is 12.9. The lowest BCUT2D eigenvalue weighted by molar-refractivity contribution is 0.0694. The van der Waals surface area contributed by atoms with Gasteiger partial charge in [0.2, 0.25) is 0 Å². The average molecular weight is 433 g/mol. The van der Waals surface area contributed by atoms with Crippen molar-refractivity contribution < 1.29 is 18.7 Å². The molecule has 4 aromatic rings. The van der Waals surface area contributed by atoms with Crippen molar-refractivity contribution in [2.24, 2.45) is 0 Å². The largest absolute Gasteiger partial charge is 0.477 e.